The van der Waals surface area contributed by atoms with Crippen LogP contribution in [0.1, 0.15) is 0 Å². The van der Waals surface area contributed by atoms with Crippen molar-refractivity contribution in [2.45, 2.75) is 0 Å². The highest BCUT2D eigenvalue weighted by molar-refractivity contribution is 5.82. The molecule has 0 aliphatic carbocycles. The zero-order valence-corrected chi connectivity index (χ0v) is 8.54. The van der Waals surface area contributed by atoms with Gasteiger partial charge in [0.2, 0.25) is 0 Å². The summed E-state index contributed by atoms with van der Waals surface area (Å²) in [5.41, 5.74) is 7.38. The first-order valence-corrected chi connectivity index (χ1v) is 4.99. The molecule has 0 aliphatic rings. The highest BCUT2D eigenvalue weighted by Gasteiger charge is 2.00. The Kier molecular flexibility index (Phi) is 1.86. The molecule has 0 amide bonds. The average molecular weight is 210 g/mol. The molecule has 3 rings (SSSR count). The Morgan fingerprint density at radius 1 is 1.12 bits per heavy atom. The molecule has 0 spiro atoms. The normalized spacial score (nSPS) is 10.8. The van der Waals surface area contributed by atoms with E-state index in [2.05, 4.69) is 10.1 Å². The summed E-state index contributed by atoms with van der Waals surface area (Å²) in [7, 11) is 0. The topological polar surface area (TPSA) is 56.7 Å². The number of anilines is 1. The molecule has 0 aliphatic heterocycles. The second-order valence-electron chi connectivity index (χ2n) is 3.57. The predicted octanol–water partition coefficient (Wildman–Crippen LogP) is 2.00. The van der Waals surface area contributed by atoms with Gasteiger partial charge in [0.15, 0.2) is 5.82 Å². The smallest absolute Gasteiger partial charge is 0.153 e. The van der Waals surface area contributed by atoms with Crippen LogP contribution in [0.15, 0.2) is 48.8 Å². The summed E-state index contributed by atoms with van der Waals surface area (Å²) in [4.78, 5) is 4.50. The van der Waals surface area contributed by atoms with Crippen LogP contribution in [0.5, 0.6) is 0 Å². The number of nitrogen functional groups attached to an aromatic ring is 1. The van der Waals surface area contributed by atoms with E-state index < -0.39 is 0 Å². The van der Waals surface area contributed by atoms with Crippen molar-refractivity contribution in [3.8, 4) is 5.82 Å². The van der Waals surface area contributed by atoms with Crippen LogP contribution in [0.3, 0.4) is 0 Å². The average Bonchev–Trinajstić information content (AvgIpc) is 2.82. The Hall–Kier alpha value is -2.36. The van der Waals surface area contributed by atoms with Crippen LogP contribution in [-0.4, -0.2) is 14.8 Å². The summed E-state index contributed by atoms with van der Waals surface area (Å²) in [5, 5.41) is 5.18. The van der Waals surface area contributed by atoms with Crippen molar-refractivity contribution in [2.24, 2.45) is 0 Å². The molecule has 0 saturated carbocycles. The Balaban J connectivity index is 2.20. The van der Waals surface area contributed by atoms with Gasteiger partial charge in [-0.1, -0.05) is 0 Å². The van der Waals surface area contributed by atoms with Crippen molar-refractivity contribution in [2.75, 3.05) is 5.73 Å². The number of nitrogens with two attached hydrogens (primary N) is 1. The molecule has 16 heavy (non-hydrogen) atoms. The van der Waals surface area contributed by atoms with Gasteiger partial charge in [-0.3, -0.25) is 0 Å². The first-order chi connectivity index (χ1) is 7.83. The summed E-state index contributed by atoms with van der Waals surface area (Å²) >= 11 is 0. The fourth-order valence-corrected chi connectivity index (χ4v) is 1.67. The maximum Gasteiger partial charge on any atom is 0.153 e. The van der Waals surface area contributed by atoms with Gasteiger partial charge in [0.05, 0.1) is 5.52 Å². The van der Waals surface area contributed by atoms with Crippen LogP contribution in [0, 0.1) is 0 Å². The largest absolute Gasteiger partial charge is 0.399 e. The molecule has 0 atom stereocenters. The van der Waals surface area contributed by atoms with Crippen molar-refractivity contribution in [1.29, 1.82) is 0 Å². The molecule has 0 saturated heterocycles. The lowest BCUT2D eigenvalue weighted by atomic mass is 10.2. The van der Waals surface area contributed by atoms with Crippen molar-refractivity contribution in [1.82, 2.24) is 14.8 Å². The fourth-order valence-electron chi connectivity index (χ4n) is 1.67. The maximum atomic E-state index is 5.71. The summed E-state index contributed by atoms with van der Waals surface area (Å²) in [5.74, 6) is 0.808. The molecule has 0 fully saturated rings. The standard InChI is InChI=1S/C12H10N4/c13-10-3-4-11-9(8-10)2-5-12(15-11)16-7-1-6-14-16/h1-8H,13H2. The third-order valence-electron chi connectivity index (χ3n) is 2.44. The second-order valence-corrected chi connectivity index (χ2v) is 3.57. The van der Waals surface area contributed by atoms with E-state index in [1.54, 1.807) is 10.9 Å². The summed E-state index contributed by atoms with van der Waals surface area (Å²) in [6.07, 6.45) is 3.60. The van der Waals surface area contributed by atoms with Gasteiger partial charge in [0.25, 0.3) is 0 Å². The maximum absolute atomic E-state index is 5.71. The van der Waals surface area contributed by atoms with Crippen molar-refractivity contribution >= 4 is 16.6 Å². The Bertz CT molecular complexity index is 629. The molecule has 0 unspecified atom stereocenters. The third kappa shape index (κ3) is 1.40. The number of hydrogen-bond acceptors (Lipinski definition) is 3. The summed E-state index contributed by atoms with van der Waals surface area (Å²) < 4.78 is 1.73. The number of rotatable bonds is 1. The lowest BCUT2D eigenvalue weighted by molar-refractivity contribution is 0.853. The number of aromatic nitrogens is 3. The van der Waals surface area contributed by atoms with Gasteiger partial charge in [-0.15, -0.1) is 0 Å². The van der Waals surface area contributed by atoms with Crippen LogP contribution in [0.2, 0.25) is 0 Å². The molecular formula is C12H10N4. The van der Waals surface area contributed by atoms with Crippen LogP contribution >= 0.6 is 0 Å². The molecule has 0 radical (unpaired) electrons. The van der Waals surface area contributed by atoms with E-state index in [-0.39, 0.29) is 0 Å². The molecular weight excluding hydrogens is 200 g/mol. The van der Waals surface area contributed by atoms with Crippen molar-refractivity contribution in [3.05, 3.63) is 48.8 Å². The van der Waals surface area contributed by atoms with Crippen LogP contribution < -0.4 is 5.73 Å². The SMILES string of the molecule is Nc1ccc2nc(-n3cccn3)ccc2c1. The molecule has 4 nitrogen and oxygen atoms in total. The molecule has 0 bridgehead atoms. The predicted molar refractivity (Wildman–Crippen MR) is 63.3 cm³/mol. The first kappa shape index (κ1) is 8.91. The van der Waals surface area contributed by atoms with Gasteiger partial charge in [0.1, 0.15) is 0 Å². The van der Waals surface area contributed by atoms with Gasteiger partial charge in [0, 0.05) is 23.5 Å². The van der Waals surface area contributed by atoms with Crippen molar-refractivity contribution in [3.63, 3.8) is 0 Å². The van der Waals surface area contributed by atoms with Gasteiger partial charge in [-0.2, -0.15) is 5.10 Å². The van der Waals surface area contributed by atoms with E-state index in [1.165, 1.54) is 0 Å². The van der Waals surface area contributed by atoms with Gasteiger partial charge in [-0.25, -0.2) is 9.67 Å². The van der Waals surface area contributed by atoms with E-state index in [1.807, 2.05) is 42.6 Å². The van der Waals surface area contributed by atoms with E-state index in [0.29, 0.717) is 0 Å². The lowest BCUT2D eigenvalue weighted by Gasteiger charge is -2.03. The van der Waals surface area contributed by atoms with Crippen molar-refractivity contribution < 1.29 is 0 Å². The number of benzene rings is 1. The molecule has 3 aromatic rings. The van der Waals surface area contributed by atoms with Crippen LogP contribution in [0.4, 0.5) is 5.69 Å². The fraction of sp³-hybridized carbons (Fsp3) is 0. The molecule has 2 heterocycles. The first-order valence-electron chi connectivity index (χ1n) is 4.99. The Morgan fingerprint density at radius 2 is 2.06 bits per heavy atom. The zero-order chi connectivity index (χ0) is 11.0. The molecule has 4 heteroatoms. The molecule has 78 valence electrons. The van der Waals surface area contributed by atoms with E-state index in [0.717, 1.165) is 22.4 Å². The Labute approximate surface area is 92.3 Å². The number of fused-ring (bicyclic) bond motifs is 1. The molecule has 1 aromatic carbocycles. The Morgan fingerprint density at radius 3 is 2.88 bits per heavy atom. The number of hydrogen-bond donors (Lipinski definition) is 1. The monoisotopic (exact) mass is 210 g/mol. The second kappa shape index (κ2) is 3.34. The minimum absolute atomic E-state index is 0.751. The summed E-state index contributed by atoms with van der Waals surface area (Å²) in [6, 6.07) is 11.5. The minimum Gasteiger partial charge on any atom is -0.399 e. The van der Waals surface area contributed by atoms with E-state index >= 15 is 0 Å². The highest BCUT2D eigenvalue weighted by Crippen LogP contribution is 2.17. The number of nitrogens with zero attached hydrogens (tertiary/aromatic N) is 3. The van der Waals surface area contributed by atoms with Crippen LogP contribution in [-0.2, 0) is 0 Å². The van der Waals surface area contributed by atoms with Gasteiger partial charge >= 0.3 is 0 Å². The highest BCUT2D eigenvalue weighted by atomic mass is 15.3. The van der Waals surface area contributed by atoms with Crippen LogP contribution in [0.25, 0.3) is 16.7 Å². The van der Waals surface area contributed by atoms with E-state index in [9.17, 15) is 0 Å². The number of pyridine rings is 1. The quantitative estimate of drug-likeness (QED) is 0.625. The summed E-state index contributed by atoms with van der Waals surface area (Å²) in [6.45, 7) is 0. The third-order valence-corrected chi connectivity index (χ3v) is 2.44. The lowest BCUT2D eigenvalue weighted by Crippen LogP contribution is -1.97. The zero-order valence-electron chi connectivity index (χ0n) is 8.54. The van der Waals surface area contributed by atoms with E-state index in [4.69, 9.17) is 5.73 Å². The van der Waals surface area contributed by atoms with Gasteiger partial charge in [-0.05, 0) is 36.4 Å². The van der Waals surface area contributed by atoms with Gasteiger partial charge < -0.3 is 5.73 Å². The molecule has 2 N–H and O–H groups in total. The molecule has 2 aromatic heterocycles. The minimum atomic E-state index is 0.751.